The fraction of sp³-hybridized carbons (Fsp3) is 0.250. The molecule has 0 amide bonds. The Labute approximate surface area is 79.8 Å². The van der Waals surface area contributed by atoms with Crippen LogP contribution in [0.4, 0.5) is 0 Å². The van der Waals surface area contributed by atoms with Crippen LogP contribution in [0, 0.1) is 0 Å². The van der Waals surface area contributed by atoms with E-state index in [2.05, 4.69) is 4.98 Å². The number of rotatable bonds is 3. The van der Waals surface area contributed by atoms with Gasteiger partial charge in [-0.25, -0.2) is 4.79 Å². The number of hydrogen-bond donors (Lipinski definition) is 2. The lowest BCUT2D eigenvalue weighted by Crippen LogP contribution is -2.21. The summed E-state index contributed by atoms with van der Waals surface area (Å²) >= 11 is 5.62. The van der Waals surface area contributed by atoms with Crippen molar-refractivity contribution in [1.29, 1.82) is 0 Å². The summed E-state index contributed by atoms with van der Waals surface area (Å²) in [5.41, 5.74) is 0.599. The zero-order valence-corrected chi connectivity index (χ0v) is 7.40. The second-order valence-electron chi connectivity index (χ2n) is 2.57. The van der Waals surface area contributed by atoms with Crippen molar-refractivity contribution in [3.63, 3.8) is 0 Å². The summed E-state index contributed by atoms with van der Waals surface area (Å²) in [6, 6.07) is 1.57. The van der Waals surface area contributed by atoms with Crippen molar-refractivity contribution in [2.75, 3.05) is 0 Å². The van der Waals surface area contributed by atoms with E-state index in [1.165, 1.54) is 12.4 Å². The van der Waals surface area contributed by atoms with Gasteiger partial charge in [-0.05, 0) is 11.6 Å². The molecule has 0 saturated carbocycles. The molecule has 0 radical (unpaired) electrons. The van der Waals surface area contributed by atoms with Crippen LogP contribution < -0.4 is 0 Å². The fourth-order valence-corrected chi connectivity index (χ4v) is 1.07. The summed E-state index contributed by atoms with van der Waals surface area (Å²) < 4.78 is 0. The van der Waals surface area contributed by atoms with Gasteiger partial charge >= 0.3 is 5.97 Å². The molecule has 0 saturated heterocycles. The molecule has 0 aliphatic heterocycles. The quantitative estimate of drug-likeness (QED) is 0.756. The van der Waals surface area contributed by atoms with Crippen molar-refractivity contribution in [3.8, 4) is 0 Å². The molecule has 0 aliphatic rings. The van der Waals surface area contributed by atoms with Gasteiger partial charge in [-0.2, -0.15) is 0 Å². The molecule has 1 aromatic heterocycles. The SMILES string of the molecule is O=C(O)C(O)Cc1cncc(Cl)c1. The Bertz CT molecular complexity index is 316. The van der Waals surface area contributed by atoms with Gasteiger partial charge in [-0.15, -0.1) is 0 Å². The molecule has 4 nitrogen and oxygen atoms in total. The summed E-state index contributed by atoms with van der Waals surface area (Å²) in [6.45, 7) is 0. The average molecular weight is 202 g/mol. The number of pyridine rings is 1. The number of aliphatic hydroxyl groups excluding tert-OH is 1. The van der Waals surface area contributed by atoms with E-state index >= 15 is 0 Å². The zero-order valence-electron chi connectivity index (χ0n) is 6.64. The summed E-state index contributed by atoms with van der Waals surface area (Å²) in [5, 5.41) is 17.8. The van der Waals surface area contributed by atoms with E-state index in [1.807, 2.05) is 0 Å². The van der Waals surface area contributed by atoms with Crippen molar-refractivity contribution in [1.82, 2.24) is 4.98 Å². The first-order valence-corrected chi connectivity index (χ1v) is 3.97. The Morgan fingerprint density at radius 2 is 2.31 bits per heavy atom. The molecule has 1 aromatic rings. The molecule has 5 heteroatoms. The summed E-state index contributed by atoms with van der Waals surface area (Å²) in [5.74, 6) is -1.25. The van der Waals surface area contributed by atoms with Gasteiger partial charge in [0.25, 0.3) is 0 Å². The molecule has 0 aromatic carbocycles. The molecule has 0 bridgehead atoms. The Morgan fingerprint density at radius 1 is 1.62 bits per heavy atom. The standard InChI is InChI=1S/C8H8ClNO3/c9-6-1-5(3-10-4-6)2-7(11)8(12)13/h1,3-4,7,11H,2H2,(H,12,13). The molecule has 0 aliphatic carbocycles. The highest BCUT2D eigenvalue weighted by molar-refractivity contribution is 6.30. The molecular weight excluding hydrogens is 194 g/mol. The lowest BCUT2D eigenvalue weighted by atomic mass is 10.1. The number of aliphatic hydroxyl groups is 1. The van der Waals surface area contributed by atoms with Gasteiger partial charge in [0, 0.05) is 18.8 Å². The molecule has 70 valence electrons. The Balaban J connectivity index is 2.69. The number of nitrogens with zero attached hydrogens (tertiary/aromatic N) is 1. The van der Waals surface area contributed by atoms with Crippen LogP contribution >= 0.6 is 11.6 Å². The second-order valence-corrected chi connectivity index (χ2v) is 3.01. The molecule has 2 N–H and O–H groups in total. The van der Waals surface area contributed by atoms with Crippen LogP contribution in [-0.4, -0.2) is 27.3 Å². The van der Waals surface area contributed by atoms with Crippen LogP contribution in [0.15, 0.2) is 18.5 Å². The summed E-state index contributed by atoms with van der Waals surface area (Å²) in [7, 11) is 0. The van der Waals surface area contributed by atoms with E-state index < -0.39 is 12.1 Å². The number of halogens is 1. The normalized spacial score (nSPS) is 12.5. The van der Waals surface area contributed by atoms with Gasteiger partial charge in [-0.1, -0.05) is 11.6 Å². The lowest BCUT2D eigenvalue weighted by Gasteiger charge is -2.04. The first-order chi connectivity index (χ1) is 6.09. The largest absolute Gasteiger partial charge is 0.479 e. The molecule has 13 heavy (non-hydrogen) atoms. The van der Waals surface area contributed by atoms with Crippen LogP contribution in [0.1, 0.15) is 5.56 Å². The van der Waals surface area contributed by atoms with E-state index in [9.17, 15) is 4.79 Å². The highest BCUT2D eigenvalue weighted by atomic mass is 35.5. The molecule has 1 unspecified atom stereocenters. The van der Waals surface area contributed by atoms with Gasteiger partial charge in [0.05, 0.1) is 5.02 Å². The Morgan fingerprint density at radius 3 is 2.85 bits per heavy atom. The third-order valence-corrected chi connectivity index (χ3v) is 1.68. The van der Waals surface area contributed by atoms with Crippen molar-refractivity contribution in [2.45, 2.75) is 12.5 Å². The van der Waals surface area contributed by atoms with Crippen molar-refractivity contribution in [2.24, 2.45) is 0 Å². The van der Waals surface area contributed by atoms with E-state index in [-0.39, 0.29) is 6.42 Å². The number of carboxylic acid groups (broad SMARTS) is 1. The van der Waals surface area contributed by atoms with Gasteiger partial charge < -0.3 is 10.2 Å². The minimum atomic E-state index is -1.40. The van der Waals surface area contributed by atoms with E-state index in [0.717, 1.165) is 0 Å². The highest BCUT2D eigenvalue weighted by Gasteiger charge is 2.13. The third kappa shape index (κ3) is 3.01. The minimum Gasteiger partial charge on any atom is -0.479 e. The second kappa shape index (κ2) is 4.20. The monoisotopic (exact) mass is 201 g/mol. The Kier molecular flexibility index (Phi) is 3.22. The number of aliphatic carboxylic acids is 1. The molecule has 1 rings (SSSR count). The van der Waals surface area contributed by atoms with Crippen molar-refractivity contribution < 1.29 is 15.0 Å². The maximum Gasteiger partial charge on any atom is 0.332 e. The van der Waals surface area contributed by atoms with Crippen LogP contribution in [0.2, 0.25) is 5.02 Å². The number of aromatic nitrogens is 1. The Hall–Kier alpha value is -1.13. The van der Waals surface area contributed by atoms with Gasteiger partial charge in [0.2, 0.25) is 0 Å². The van der Waals surface area contributed by atoms with Crippen LogP contribution in [0.5, 0.6) is 0 Å². The van der Waals surface area contributed by atoms with E-state index in [4.69, 9.17) is 21.8 Å². The molecular formula is C8H8ClNO3. The first-order valence-electron chi connectivity index (χ1n) is 3.60. The minimum absolute atomic E-state index is 0.0168. The van der Waals surface area contributed by atoms with Crippen LogP contribution in [-0.2, 0) is 11.2 Å². The first kappa shape index (κ1) is 9.95. The fourth-order valence-electron chi connectivity index (χ4n) is 0.878. The average Bonchev–Trinajstić information content (AvgIpc) is 2.04. The number of carboxylic acids is 1. The maximum atomic E-state index is 10.3. The van der Waals surface area contributed by atoms with E-state index in [0.29, 0.717) is 10.6 Å². The van der Waals surface area contributed by atoms with Crippen LogP contribution in [0.25, 0.3) is 0 Å². The smallest absolute Gasteiger partial charge is 0.332 e. The highest BCUT2D eigenvalue weighted by Crippen LogP contribution is 2.10. The van der Waals surface area contributed by atoms with Gasteiger partial charge in [0.15, 0.2) is 6.10 Å². The molecule has 0 spiro atoms. The zero-order chi connectivity index (χ0) is 9.84. The molecule has 1 heterocycles. The van der Waals surface area contributed by atoms with Gasteiger partial charge in [0.1, 0.15) is 0 Å². The molecule has 1 atom stereocenters. The summed E-state index contributed by atoms with van der Waals surface area (Å²) in [6.07, 6.45) is 1.53. The number of hydrogen-bond acceptors (Lipinski definition) is 3. The predicted molar refractivity (Wildman–Crippen MR) is 46.6 cm³/mol. The predicted octanol–water partition coefficient (Wildman–Crippen LogP) is 0.723. The van der Waals surface area contributed by atoms with E-state index in [1.54, 1.807) is 6.07 Å². The lowest BCUT2D eigenvalue weighted by molar-refractivity contribution is -0.146. The third-order valence-electron chi connectivity index (χ3n) is 1.48. The summed E-state index contributed by atoms with van der Waals surface area (Å²) in [4.78, 5) is 14.0. The maximum absolute atomic E-state index is 10.3. The van der Waals surface area contributed by atoms with Gasteiger partial charge in [-0.3, -0.25) is 4.98 Å². The number of carbonyl (C=O) groups is 1. The van der Waals surface area contributed by atoms with Crippen LogP contribution in [0.3, 0.4) is 0 Å². The van der Waals surface area contributed by atoms with Crippen molar-refractivity contribution >= 4 is 17.6 Å². The topological polar surface area (TPSA) is 70.4 Å². The molecule has 0 fully saturated rings. The van der Waals surface area contributed by atoms with Crippen molar-refractivity contribution in [3.05, 3.63) is 29.0 Å².